The van der Waals surface area contributed by atoms with Crippen LogP contribution in [0.1, 0.15) is 21.5 Å². The van der Waals surface area contributed by atoms with Crippen LogP contribution < -0.4 is 0 Å². The van der Waals surface area contributed by atoms with Crippen molar-refractivity contribution in [2.45, 2.75) is 6.92 Å². The summed E-state index contributed by atoms with van der Waals surface area (Å²) in [5, 5.41) is 10.9. The van der Waals surface area contributed by atoms with Crippen molar-refractivity contribution in [2.24, 2.45) is 0 Å². The first-order valence-corrected chi connectivity index (χ1v) is 6.99. The zero-order valence-corrected chi connectivity index (χ0v) is 12.8. The van der Waals surface area contributed by atoms with Crippen molar-refractivity contribution < 1.29 is 9.72 Å². The average Bonchev–Trinajstić information content (AvgIpc) is 2.45. The number of aryl methyl sites for hydroxylation is 1. The minimum Gasteiger partial charge on any atom is -0.289 e. The predicted octanol–water partition coefficient (Wildman–Crippen LogP) is 4.56. The van der Waals surface area contributed by atoms with Gasteiger partial charge < -0.3 is 0 Å². The Labute approximate surface area is 130 Å². The van der Waals surface area contributed by atoms with Crippen molar-refractivity contribution in [2.75, 3.05) is 0 Å². The molecule has 0 heterocycles. The molecule has 0 spiro atoms. The highest BCUT2D eigenvalue weighted by Crippen LogP contribution is 2.20. The second kappa shape index (κ2) is 6.45. The van der Waals surface area contributed by atoms with Crippen LogP contribution in [0.15, 0.2) is 53.0 Å². The summed E-state index contributed by atoms with van der Waals surface area (Å²) in [5.41, 5.74) is 1.67. The number of carbonyl (C=O) groups is 1. The van der Waals surface area contributed by atoms with Crippen molar-refractivity contribution in [3.8, 4) is 0 Å². The standard InChI is InChI=1S/C16H12BrNO3/c1-11-5-7-13(10-15(11)18(20)21)16(19)8-6-12-3-2-4-14(17)9-12/h2-10H,1H3. The van der Waals surface area contributed by atoms with Crippen LogP contribution in [0.25, 0.3) is 6.08 Å². The van der Waals surface area contributed by atoms with E-state index >= 15 is 0 Å². The van der Waals surface area contributed by atoms with Crippen LogP contribution in [-0.2, 0) is 0 Å². The molecule has 0 aliphatic rings. The van der Waals surface area contributed by atoms with Gasteiger partial charge in [-0.2, -0.15) is 0 Å². The van der Waals surface area contributed by atoms with Gasteiger partial charge in [0.15, 0.2) is 5.78 Å². The lowest BCUT2D eigenvalue weighted by atomic mass is 10.1. The normalized spacial score (nSPS) is 10.8. The number of benzene rings is 2. The average molecular weight is 346 g/mol. The number of allylic oxidation sites excluding steroid dienone is 1. The Morgan fingerprint density at radius 3 is 2.67 bits per heavy atom. The first-order chi connectivity index (χ1) is 9.97. The SMILES string of the molecule is Cc1ccc(C(=O)C=Cc2cccc(Br)c2)cc1[N+](=O)[O-]. The molecule has 0 amide bonds. The molecule has 2 aromatic carbocycles. The number of nitro groups is 1. The topological polar surface area (TPSA) is 60.2 Å². The molecule has 0 saturated carbocycles. The van der Waals surface area contributed by atoms with E-state index in [1.165, 1.54) is 12.1 Å². The number of rotatable bonds is 4. The summed E-state index contributed by atoms with van der Waals surface area (Å²) in [6.07, 6.45) is 3.09. The molecule has 106 valence electrons. The second-order valence-electron chi connectivity index (χ2n) is 4.51. The third kappa shape index (κ3) is 3.86. The van der Waals surface area contributed by atoms with E-state index in [1.807, 2.05) is 24.3 Å². The number of carbonyl (C=O) groups excluding carboxylic acids is 1. The zero-order chi connectivity index (χ0) is 15.4. The molecule has 0 N–H and O–H groups in total. The van der Waals surface area contributed by atoms with Crippen LogP contribution in [0, 0.1) is 17.0 Å². The largest absolute Gasteiger partial charge is 0.289 e. The molecule has 2 rings (SSSR count). The summed E-state index contributed by atoms with van der Waals surface area (Å²) in [7, 11) is 0. The van der Waals surface area contributed by atoms with Crippen molar-refractivity contribution in [3.63, 3.8) is 0 Å². The van der Waals surface area contributed by atoms with Crippen molar-refractivity contribution in [1.29, 1.82) is 0 Å². The maximum Gasteiger partial charge on any atom is 0.273 e. The lowest BCUT2D eigenvalue weighted by molar-refractivity contribution is -0.385. The Bertz CT molecular complexity index is 738. The minimum atomic E-state index is -0.482. The highest BCUT2D eigenvalue weighted by atomic mass is 79.9. The Morgan fingerprint density at radius 2 is 2.00 bits per heavy atom. The van der Waals surface area contributed by atoms with E-state index in [-0.39, 0.29) is 11.5 Å². The third-order valence-electron chi connectivity index (χ3n) is 2.97. The van der Waals surface area contributed by atoms with Gasteiger partial charge in [-0.25, -0.2) is 0 Å². The molecule has 2 aromatic rings. The summed E-state index contributed by atoms with van der Waals surface area (Å²) in [6, 6.07) is 12.0. The van der Waals surface area contributed by atoms with E-state index in [9.17, 15) is 14.9 Å². The van der Waals surface area contributed by atoms with E-state index in [1.54, 1.807) is 25.1 Å². The minimum absolute atomic E-state index is 0.0447. The van der Waals surface area contributed by atoms with Crippen LogP contribution in [0.5, 0.6) is 0 Å². The number of hydrogen-bond donors (Lipinski definition) is 0. The zero-order valence-electron chi connectivity index (χ0n) is 11.2. The van der Waals surface area contributed by atoms with E-state index in [0.29, 0.717) is 11.1 Å². The number of nitrogens with zero attached hydrogens (tertiary/aromatic N) is 1. The molecular formula is C16H12BrNO3. The van der Waals surface area contributed by atoms with E-state index in [4.69, 9.17) is 0 Å². The summed E-state index contributed by atoms with van der Waals surface area (Å²) in [4.78, 5) is 22.5. The molecule has 0 bridgehead atoms. The van der Waals surface area contributed by atoms with Crippen LogP contribution in [-0.4, -0.2) is 10.7 Å². The monoisotopic (exact) mass is 345 g/mol. The van der Waals surface area contributed by atoms with Gasteiger partial charge in [0.1, 0.15) is 0 Å². The van der Waals surface area contributed by atoms with Gasteiger partial charge in [-0.15, -0.1) is 0 Å². The van der Waals surface area contributed by atoms with Crippen LogP contribution in [0.3, 0.4) is 0 Å². The molecule has 0 aromatic heterocycles. The van der Waals surface area contributed by atoms with Crippen LogP contribution in [0.4, 0.5) is 5.69 Å². The third-order valence-corrected chi connectivity index (χ3v) is 3.46. The molecule has 0 saturated heterocycles. The van der Waals surface area contributed by atoms with Crippen LogP contribution in [0.2, 0.25) is 0 Å². The first-order valence-electron chi connectivity index (χ1n) is 6.20. The summed E-state index contributed by atoms with van der Waals surface area (Å²) in [5.74, 6) is -0.266. The van der Waals surface area contributed by atoms with E-state index < -0.39 is 4.92 Å². The molecule has 0 fully saturated rings. The van der Waals surface area contributed by atoms with E-state index in [0.717, 1.165) is 10.0 Å². The van der Waals surface area contributed by atoms with Gasteiger partial charge in [-0.3, -0.25) is 14.9 Å². The predicted molar refractivity (Wildman–Crippen MR) is 85.3 cm³/mol. The van der Waals surface area contributed by atoms with Gasteiger partial charge in [0.05, 0.1) is 4.92 Å². The molecule has 5 heteroatoms. The number of halogens is 1. The van der Waals surface area contributed by atoms with Gasteiger partial charge in [-0.05, 0) is 30.7 Å². The fourth-order valence-corrected chi connectivity index (χ4v) is 2.25. The maximum absolute atomic E-state index is 12.1. The molecular weight excluding hydrogens is 334 g/mol. The fourth-order valence-electron chi connectivity index (χ4n) is 1.84. The first kappa shape index (κ1) is 15.1. The quantitative estimate of drug-likeness (QED) is 0.353. The lowest BCUT2D eigenvalue weighted by Crippen LogP contribution is -1.98. The smallest absolute Gasteiger partial charge is 0.273 e. The summed E-state index contributed by atoms with van der Waals surface area (Å²) in [6.45, 7) is 1.64. The molecule has 0 aliphatic carbocycles. The molecule has 4 nitrogen and oxygen atoms in total. The summed E-state index contributed by atoms with van der Waals surface area (Å²) >= 11 is 3.35. The fraction of sp³-hybridized carbons (Fsp3) is 0.0625. The van der Waals surface area contributed by atoms with Gasteiger partial charge in [0.2, 0.25) is 0 Å². The van der Waals surface area contributed by atoms with Crippen molar-refractivity contribution >= 4 is 33.5 Å². The Balaban J connectivity index is 2.25. The molecule has 0 aliphatic heterocycles. The molecule has 21 heavy (non-hydrogen) atoms. The second-order valence-corrected chi connectivity index (χ2v) is 5.43. The van der Waals surface area contributed by atoms with Gasteiger partial charge in [-0.1, -0.05) is 46.3 Å². The number of nitro benzene ring substituents is 1. The highest BCUT2D eigenvalue weighted by Gasteiger charge is 2.13. The lowest BCUT2D eigenvalue weighted by Gasteiger charge is -2.00. The van der Waals surface area contributed by atoms with Crippen molar-refractivity contribution in [3.05, 3.63) is 79.8 Å². The summed E-state index contributed by atoms with van der Waals surface area (Å²) < 4.78 is 0.920. The Morgan fingerprint density at radius 1 is 1.24 bits per heavy atom. The molecule has 0 unspecified atom stereocenters. The highest BCUT2D eigenvalue weighted by molar-refractivity contribution is 9.10. The molecule has 0 radical (unpaired) electrons. The van der Waals surface area contributed by atoms with Gasteiger partial charge >= 0.3 is 0 Å². The Kier molecular flexibility index (Phi) is 4.65. The van der Waals surface area contributed by atoms with Gasteiger partial charge in [0, 0.05) is 21.7 Å². The maximum atomic E-state index is 12.1. The Hall–Kier alpha value is -2.27. The van der Waals surface area contributed by atoms with Gasteiger partial charge in [0.25, 0.3) is 5.69 Å². The number of hydrogen-bond acceptors (Lipinski definition) is 3. The molecule has 0 atom stereocenters. The van der Waals surface area contributed by atoms with Crippen LogP contribution >= 0.6 is 15.9 Å². The van der Waals surface area contributed by atoms with E-state index in [2.05, 4.69) is 15.9 Å². The number of ketones is 1. The van der Waals surface area contributed by atoms with Crippen molar-refractivity contribution in [1.82, 2.24) is 0 Å².